The summed E-state index contributed by atoms with van der Waals surface area (Å²) in [4.78, 5) is 0. The predicted molar refractivity (Wildman–Crippen MR) is 44.0 cm³/mol. The van der Waals surface area contributed by atoms with Crippen molar-refractivity contribution < 1.29 is 23.4 Å². The van der Waals surface area contributed by atoms with Crippen LogP contribution in [0.25, 0.3) is 0 Å². The van der Waals surface area contributed by atoms with Crippen molar-refractivity contribution in [3.8, 4) is 0 Å². The minimum Gasteiger partial charge on any atom is -0.390 e. The third-order valence-electron chi connectivity index (χ3n) is 1.40. The van der Waals surface area contributed by atoms with Crippen molar-refractivity contribution in [1.29, 1.82) is 0 Å². The van der Waals surface area contributed by atoms with Crippen molar-refractivity contribution in [1.82, 2.24) is 0 Å². The van der Waals surface area contributed by atoms with Gasteiger partial charge in [0.05, 0.1) is 6.00 Å². The zero-order chi connectivity index (χ0) is 10.5. The van der Waals surface area contributed by atoms with E-state index in [9.17, 15) is 8.78 Å². The molecule has 13 heavy (non-hydrogen) atoms. The number of rotatable bonds is 6. The fourth-order valence-electron chi connectivity index (χ4n) is 0.670. The molecule has 76 valence electrons. The van der Waals surface area contributed by atoms with Gasteiger partial charge in [0, 0.05) is 7.11 Å². The highest BCUT2D eigenvalue weighted by Gasteiger charge is 2.33. The third-order valence-corrected chi connectivity index (χ3v) is 1.40. The van der Waals surface area contributed by atoms with Gasteiger partial charge in [-0.05, 0) is 6.92 Å². The first-order valence-corrected chi connectivity index (χ1v) is 3.81. The van der Waals surface area contributed by atoms with E-state index in [4.69, 9.17) is 13.0 Å². The van der Waals surface area contributed by atoms with Crippen LogP contribution in [0.1, 0.15) is 6.92 Å². The molecule has 3 nitrogen and oxygen atoms in total. The van der Waals surface area contributed by atoms with Gasteiger partial charge in [-0.1, -0.05) is 0 Å². The van der Waals surface area contributed by atoms with E-state index < -0.39 is 31.2 Å². The van der Waals surface area contributed by atoms with E-state index in [1.54, 1.807) is 0 Å². The summed E-state index contributed by atoms with van der Waals surface area (Å²) in [5, 5.41) is 8.59. The van der Waals surface area contributed by atoms with E-state index in [1.165, 1.54) is 7.11 Å². The van der Waals surface area contributed by atoms with Gasteiger partial charge in [0.1, 0.15) is 27.2 Å². The minimum atomic E-state index is -2.44. The number of aliphatic hydroxyl groups excluding tert-OH is 1. The summed E-state index contributed by atoms with van der Waals surface area (Å²) < 4.78 is 34.6. The lowest BCUT2D eigenvalue weighted by Crippen LogP contribution is -2.42. The Hall–Kier alpha value is -0.195. The van der Waals surface area contributed by atoms with Crippen LogP contribution in [-0.2, 0) is 9.47 Å². The summed E-state index contributed by atoms with van der Waals surface area (Å²) in [6, 6.07) is -1.41. The quantitative estimate of drug-likeness (QED) is 0.612. The monoisotopic (exact) mass is 194 g/mol. The lowest BCUT2D eigenvalue weighted by Gasteiger charge is -2.27. The van der Waals surface area contributed by atoms with Crippen LogP contribution in [0.3, 0.4) is 0 Å². The van der Waals surface area contributed by atoms with Gasteiger partial charge in [0.25, 0.3) is 5.85 Å². The van der Waals surface area contributed by atoms with Crippen LogP contribution in [0, 0.1) is 0 Å². The Morgan fingerprint density at radius 1 is 1.62 bits per heavy atom. The molecule has 0 aliphatic carbocycles. The molecule has 0 saturated carbocycles. The molecule has 0 fully saturated rings. The van der Waals surface area contributed by atoms with E-state index in [1.807, 2.05) is 0 Å². The van der Waals surface area contributed by atoms with Crippen molar-refractivity contribution in [2.45, 2.75) is 25.0 Å². The zero-order valence-corrected chi connectivity index (χ0v) is 7.67. The van der Waals surface area contributed by atoms with Crippen LogP contribution in [0.2, 0.25) is 0 Å². The molecule has 0 aromatic rings. The van der Waals surface area contributed by atoms with E-state index >= 15 is 0 Å². The topological polar surface area (TPSA) is 38.7 Å². The standard InChI is InChI=1S/C7H13BF2O3/c1-5(9)6(8)13-7(10,3-11)4-12-2/h5-6,11H,3-4H2,1-2H3/t5-,6?,7?/m0/s1. The van der Waals surface area contributed by atoms with Crippen LogP contribution < -0.4 is 0 Å². The summed E-state index contributed by atoms with van der Waals surface area (Å²) in [7, 11) is 6.34. The van der Waals surface area contributed by atoms with Crippen LogP contribution >= 0.6 is 0 Å². The van der Waals surface area contributed by atoms with Gasteiger partial charge in [-0.3, -0.25) is 0 Å². The Bertz CT molecular complexity index is 148. The van der Waals surface area contributed by atoms with Gasteiger partial charge in [-0.15, -0.1) is 0 Å². The maximum atomic E-state index is 13.3. The summed E-state index contributed by atoms with van der Waals surface area (Å²) in [5.41, 5.74) is 0. The van der Waals surface area contributed by atoms with Gasteiger partial charge in [0.2, 0.25) is 0 Å². The highest BCUT2D eigenvalue weighted by atomic mass is 19.2. The second kappa shape index (κ2) is 5.52. The predicted octanol–water partition coefficient (Wildman–Crippen LogP) is 0.160. The lowest BCUT2D eigenvalue weighted by molar-refractivity contribution is -0.214. The first-order valence-electron chi connectivity index (χ1n) is 3.81. The average molecular weight is 194 g/mol. The Labute approximate surface area is 77.4 Å². The number of aliphatic hydroxyl groups is 1. The smallest absolute Gasteiger partial charge is 0.255 e. The molecule has 0 heterocycles. The maximum Gasteiger partial charge on any atom is 0.255 e. The van der Waals surface area contributed by atoms with Gasteiger partial charge < -0.3 is 14.6 Å². The Morgan fingerprint density at radius 3 is 2.46 bits per heavy atom. The lowest BCUT2D eigenvalue weighted by atomic mass is 9.96. The van der Waals surface area contributed by atoms with Crippen molar-refractivity contribution >= 4 is 7.85 Å². The molecule has 0 saturated heterocycles. The molecular formula is C7H13BF2O3. The molecule has 1 N–H and O–H groups in total. The Kier molecular flexibility index (Phi) is 5.43. The SMILES string of the molecule is [B]C(OC(F)(CO)COC)[C@H](C)F. The van der Waals surface area contributed by atoms with E-state index in [-0.39, 0.29) is 0 Å². The van der Waals surface area contributed by atoms with Crippen molar-refractivity contribution in [3.05, 3.63) is 0 Å². The van der Waals surface area contributed by atoms with Gasteiger partial charge in [-0.25, -0.2) is 8.78 Å². The molecule has 0 spiro atoms. The van der Waals surface area contributed by atoms with Crippen LogP contribution in [0.15, 0.2) is 0 Å². The van der Waals surface area contributed by atoms with Gasteiger partial charge >= 0.3 is 0 Å². The zero-order valence-electron chi connectivity index (χ0n) is 7.67. The summed E-state index contributed by atoms with van der Waals surface area (Å²) in [6.07, 6.45) is -1.52. The molecule has 0 bridgehead atoms. The van der Waals surface area contributed by atoms with Gasteiger partial charge in [0.15, 0.2) is 0 Å². The molecule has 3 atom stereocenters. The number of alkyl halides is 2. The summed E-state index contributed by atoms with van der Waals surface area (Å²) in [5.74, 6) is -2.44. The molecule has 0 aromatic carbocycles. The molecule has 0 aliphatic heterocycles. The molecule has 2 radical (unpaired) electrons. The van der Waals surface area contributed by atoms with E-state index in [0.29, 0.717) is 0 Å². The van der Waals surface area contributed by atoms with Crippen molar-refractivity contribution in [3.63, 3.8) is 0 Å². The average Bonchev–Trinajstić information content (AvgIpc) is 2.04. The fraction of sp³-hybridized carbons (Fsp3) is 1.00. The largest absolute Gasteiger partial charge is 0.390 e. The maximum absolute atomic E-state index is 13.3. The first kappa shape index (κ1) is 12.8. The molecule has 0 rings (SSSR count). The molecule has 0 amide bonds. The van der Waals surface area contributed by atoms with Crippen LogP contribution in [0.5, 0.6) is 0 Å². The summed E-state index contributed by atoms with van der Waals surface area (Å²) >= 11 is 0. The van der Waals surface area contributed by atoms with Crippen molar-refractivity contribution in [2.24, 2.45) is 0 Å². The molecule has 0 aliphatic rings. The number of hydrogen-bond donors (Lipinski definition) is 1. The molecule has 6 heteroatoms. The van der Waals surface area contributed by atoms with Crippen LogP contribution in [-0.4, -0.2) is 51.3 Å². The highest BCUT2D eigenvalue weighted by Crippen LogP contribution is 2.16. The van der Waals surface area contributed by atoms with E-state index in [0.717, 1.165) is 6.92 Å². The normalized spacial score (nSPS) is 20.7. The second-order valence-corrected chi connectivity index (χ2v) is 2.73. The number of halogens is 2. The number of methoxy groups -OCH3 is 1. The van der Waals surface area contributed by atoms with Gasteiger partial charge in [-0.2, -0.15) is 0 Å². The fourth-order valence-corrected chi connectivity index (χ4v) is 0.670. The third kappa shape index (κ3) is 4.54. The number of hydrogen-bond acceptors (Lipinski definition) is 3. The Morgan fingerprint density at radius 2 is 2.15 bits per heavy atom. The second-order valence-electron chi connectivity index (χ2n) is 2.73. The molecule has 0 aromatic heterocycles. The molecule has 2 unspecified atom stereocenters. The molecular weight excluding hydrogens is 181 g/mol. The Balaban J connectivity index is 4.09. The van der Waals surface area contributed by atoms with E-state index in [2.05, 4.69) is 9.47 Å². The van der Waals surface area contributed by atoms with Crippen LogP contribution in [0.4, 0.5) is 8.78 Å². The highest BCUT2D eigenvalue weighted by molar-refractivity contribution is 6.11. The summed E-state index contributed by atoms with van der Waals surface area (Å²) in [6.45, 7) is -0.291. The number of ether oxygens (including phenoxy) is 2. The minimum absolute atomic E-state index is 0.496. The first-order chi connectivity index (χ1) is 5.95. The van der Waals surface area contributed by atoms with Crippen molar-refractivity contribution in [2.75, 3.05) is 20.3 Å².